The highest BCUT2D eigenvalue weighted by Gasteiger charge is 2.24. The van der Waals surface area contributed by atoms with Crippen molar-refractivity contribution in [3.63, 3.8) is 0 Å². The number of nitrogens with one attached hydrogen (secondary N) is 1. The van der Waals surface area contributed by atoms with E-state index >= 15 is 0 Å². The molecule has 1 aliphatic carbocycles. The van der Waals surface area contributed by atoms with Gasteiger partial charge in [0.2, 0.25) is 0 Å². The van der Waals surface area contributed by atoms with Crippen LogP contribution in [0.25, 0.3) is 0 Å². The molecule has 1 heterocycles. The molecule has 1 aliphatic heterocycles. The van der Waals surface area contributed by atoms with Crippen molar-refractivity contribution in [1.29, 1.82) is 0 Å². The molecular formula is C18H36N2. The topological polar surface area (TPSA) is 15.3 Å². The summed E-state index contributed by atoms with van der Waals surface area (Å²) in [4.78, 5) is 2.62. The first-order valence-electron chi connectivity index (χ1n) is 9.14. The lowest BCUT2D eigenvalue weighted by molar-refractivity contribution is 0.155. The standard InChI is InChI=1S/C18H36N2/c1-4-20-12-6-9-18(14-20)16(3)19-11-10-17-8-5-7-15(2)13-17/h15-19H,4-14H2,1-3H3. The summed E-state index contributed by atoms with van der Waals surface area (Å²) in [6.45, 7) is 12.2. The molecule has 0 aromatic carbocycles. The average molecular weight is 280 g/mol. The Morgan fingerprint density at radius 3 is 2.80 bits per heavy atom. The van der Waals surface area contributed by atoms with Crippen LogP contribution in [0.15, 0.2) is 0 Å². The second-order valence-corrected chi connectivity index (χ2v) is 7.46. The molecule has 2 fully saturated rings. The molecule has 2 aliphatic rings. The fraction of sp³-hybridized carbons (Fsp3) is 1.00. The molecule has 0 aromatic rings. The third-order valence-electron chi connectivity index (χ3n) is 5.76. The summed E-state index contributed by atoms with van der Waals surface area (Å²) in [5.74, 6) is 2.84. The minimum absolute atomic E-state index is 0.699. The van der Waals surface area contributed by atoms with Crippen molar-refractivity contribution in [3.8, 4) is 0 Å². The molecule has 2 rings (SSSR count). The lowest BCUT2D eigenvalue weighted by Crippen LogP contribution is -2.44. The van der Waals surface area contributed by atoms with Gasteiger partial charge in [0, 0.05) is 12.6 Å². The van der Waals surface area contributed by atoms with Gasteiger partial charge in [-0.15, -0.1) is 0 Å². The Labute approximate surface area is 126 Å². The minimum Gasteiger partial charge on any atom is -0.314 e. The zero-order valence-corrected chi connectivity index (χ0v) is 14.0. The van der Waals surface area contributed by atoms with Crippen LogP contribution in [0.3, 0.4) is 0 Å². The molecule has 0 bridgehead atoms. The first kappa shape index (κ1) is 16.3. The monoisotopic (exact) mass is 280 g/mol. The van der Waals surface area contributed by atoms with Crippen LogP contribution in [0.5, 0.6) is 0 Å². The largest absolute Gasteiger partial charge is 0.314 e. The number of hydrogen-bond acceptors (Lipinski definition) is 2. The van der Waals surface area contributed by atoms with Gasteiger partial charge in [0.15, 0.2) is 0 Å². The van der Waals surface area contributed by atoms with E-state index in [1.54, 1.807) is 0 Å². The number of likely N-dealkylation sites (tertiary alicyclic amines) is 1. The van der Waals surface area contributed by atoms with Gasteiger partial charge in [-0.2, -0.15) is 0 Å². The lowest BCUT2D eigenvalue weighted by atomic mass is 9.81. The van der Waals surface area contributed by atoms with E-state index < -0.39 is 0 Å². The van der Waals surface area contributed by atoms with Gasteiger partial charge in [-0.1, -0.05) is 33.1 Å². The van der Waals surface area contributed by atoms with E-state index in [0.717, 1.165) is 17.8 Å². The second kappa shape index (κ2) is 8.38. The van der Waals surface area contributed by atoms with E-state index in [1.165, 1.54) is 71.1 Å². The van der Waals surface area contributed by atoms with Crippen LogP contribution in [-0.2, 0) is 0 Å². The van der Waals surface area contributed by atoms with Gasteiger partial charge in [-0.05, 0) is 70.0 Å². The van der Waals surface area contributed by atoms with Crippen molar-refractivity contribution >= 4 is 0 Å². The molecule has 4 atom stereocenters. The van der Waals surface area contributed by atoms with Crippen molar-refractivity contribution in [2.24, 2.45) is 17.8 Å². The van der Waals surface area contributed by atoms with Crippen molar-refractivity contribution in [2.45, 2.75) is 71.8 Å². The smallest absolute Gasteiger partial charge is 0.00792 e. The number of rotatable bonds is 6. The highest BCUT2D eigenvalue weighted by molar-refractivity contribution is 4.80. The Kier molecular flexibility index (Phi) is 6.83. The Bertz CT molecular complexity index is 266. The molecule has 2 nitrogen and oxygen atoms in total. The predicted molar refractivity (Wildman–Crippen MR) is 88.0 cm³/mol. The molecule has 0 aromatic heterocycles. The van der Waals surface area contributed by atoms with E-state index in [4.69, 9.17) is 0 Å². The van der Waals surface area contributed by atoms with E-state index in [-0.39, 0.29) is 0 Å². The zero-order valence-electron chi connectivity index (χ0n) is 14.0. The van der Waals surface area contributed by atoms with Gasteiger partial charge in [-0.25, -0.2) is 0 Å². The third-order valence-corrected chi connectivity index (χ3v) is 5.76. The van der Waals surface area contributed by atoms with Crippen molar-refractivity contribution in [2.75, 3.05) is 26.2 Å². The molecule has 1 saturated carbocycles. The first-order valence-corrected chi connectivity index (χ1v) is 9.14. The highest BCUT2D eigenvalue weighted by Crippen LogP contribution is 2.30. The summed E-state index contributed by atoms with van der Waals surface area (Å²) >= 11 is 0. The molecule has 20 heavy (non-hydrogen) atoms. The summed E-state index contributed by atoms with van der Waals surface area (Å²) in [6, 6.07) is 0.699. The van der Waals surface area contributed by atoms with Crippen LogP contribution < -0.4 is 5.32 Å². The molecule has 1 N–H and O–H groups in total. The first-order chi connectivity index (χ1) is 9.69. The molecule has 0 spiro atoms. The van der Waals surface area contributed by atoms with E-state index in [1.807, 2.05) is 0 Å². The molecule has 118 valence electrons. The van der Waals surface area contributed by atoms with E-state index in [9.17, 15) is 0 Å². The SMILES string of the molecule is CCN1CCCC(C(C)NCCC2CCCC(C)C2)C1. The number of piperidine rings is 1. The van der Waals surface area contributed by atoms with Crippen LogP contribution in [-0.4, -0.2) is 37.1 Å². The van der Waals surface area contributed by atoms with Gasteiger partial charge in [0.05, 0.1) is 0 Å². The van der Waals surface area contributed by atoms with Crippen LogP contribution in [0.4, 0.5) is 0 Å². The van der Waals surface area contributed by atoms with Gasteiger partial charge < -0.3 is 10.2 Å². The minimum atomic E-state index is 0.699. The molecule has 2 heteroatoms. The Morgan fingerprint density at radius 1 is 1.20 bits per heavy atom. The third kappa shape index (κ3) is 5.04. The maximum Gasteiger partial charge on any atom is 0.00792 e. The maximum absolute atomic E-state index is 3.83. The van der Waals surface area contributed by atoms with Gasteiger partial charge in [0.25, 0.3) is 0 Å². The van der Waals surface area contributed by atoms with E-state index in [2.05, 4.69) is 31.0 Å². The van der Waals surface area contributed by atoms with Crippen LogP contribution in [0, 0.1) is 17.8 Å². The van der Waals surface area contributed by atoms with Gasteiger partial charge >= 0.3 is 0 Å². The summed E-state index contributed by atoms with van der Waals surface area (Å²) in [6.07, 6.45) is 10.1. The summed E-state index contributed by atoms with van der Waals surface area (Å²) in [5, 5.41) is 3.83. The molecule has 4 unspecified atom stereocenters. The Morgan fingerprint density at radius 2 is 2.05 bits per heavy atom. The zero-order chi connectivity index (χ0) is 14.4. The molecule has 0 radical (unpaired) electrons. The fourth-order valence-corrected chi connectivity index (χ4v) is 4.29. The fourth-order valence-electron chi connectivity index (χ4n) is 4.29. The Balaban J connectivity index is 1.63. The predicted octanol–water partition coefficient (Wildman–Crippen LogP) is 3.91. The maximum atomic E-state index is 3.83. The average Bonchev–Trinajstić information content (AvgIpc) is 2.47. The molecular weight excluding hydrogens is 244 g/mol. The van der Waals surface area contributed by atoms with Crippen molar-refractivity contribution < 1.29 is 0 Å². The summed E-state index contributed by atoms with van der Waals surface area (Å²) < 4.78 is 0. The summed E-state index contributed by atoms with van der Waals surface area (Å²) in [7, 11) is 0. The van der Waals surface area contributed by atoms with Crippen molar-refractivity contribution in [3.05, 3.63) is 0 Å². The summed E-state index contributed by atoms with van der Waals surface area (Å²) in [5.41, 5.74) is 0. The van der Waals surface area contributed by atoms with E-state index in [0.29, 0.717) is 6.04 Å². The number of hydrogen-bond donors (Lipinski definition) is 1. The van der Waals surface area contributed by atoms with Crippen LogP contribution in [0.2, 0.25) is 0 Å². The van der Waals surface area contributed by atoms with Crippen LogP contribution >= 0.6 is 0 Å². The second-order valence-electron chi connectivity index (χ2n) is 7.46. The number of nitrogens with zero attached hydrogens (tertiary/aromatic N) is 1. The Hall–Kier alpha value is -0.0800. The molecule has 0 amide bonds. The van der Waals surface area contributed by atoms with Crippen LogP contribution in [0.1, 0.15) is 65.7 Å². The van der Waals surface area contributed by atoms with Gasteiger partial charge in [-0.3, -0.25) is 0 Å². The quantitative estimate of drug-likeness (QED) is 0.793. The normalized spacial score (nSPS) is 34.0. The highest BCUT2D eigenvalue weighted by atomic mass is 15.1. The molecule has 1 saturated heterocycles. The van der Waals surface area contributed by atoms with Crippen molar-refractivity contribution in [1.82, 2.24) is 10.2 Å². The lowest BCUT2D eigenvalue weighted by Gasteiger charge is -2.36. The van der Waals surface area contributed by atoms with Gasteiger partial charge in [0.1, 0.15) is 0 Å².